The van der Waals surface area contributed by atoms with Crippen LogP contribution in [0.4, 0.5) is 18.9 Å². The number of aromatic carboxylic acids is 1. The molecule has 0 aliphatic heterocycles. The molecule has 0 spiro atoms. The van der Waals surface area contributed by atoms with Gasteiger partial charge >= 0.3 is 5.97 Å². The Bertz CT molecular complexity index is 1190. The van der Waals surface area contributed by atoms with Crippen LogP contribution in [0, 0.1) is 17.5 Å². The highest BCUT2D eigenvalue weighted by atomic mass is 32.2. The Kier molecular flexibility index (Phi) is 8.67. The Morgan fingerprint density at radius 2 is 1.79 bits per heavy atom. The summed E-state index contributed by atoms with van der Waals surface area (Å²) in [4.78, 5) is 9.06. The largest absolute Gasteiger partial charge is 0.478 e. The van der Waals surface area contributed by atoms with Crippen LogP contribution in [-0.4, -0.2) is 31.3 Å². The number of carbonyl (C=O) groups is 1. The zero-order valence-corrected chi connectivity index (χ0v) is 19.8. The van der Waals surface area contributed by atoms with Gasteiger partial charge in [-0.1, -0.05) is 37.1 Å². The number of anilines is 1. The number of allylic oxidation sites excluding steroid dienone is 1. The monoisotopic (exact) mass is 514 g/mol. The van der Waals surface area contributed by atoms with Crippen molar-refractivity contribution in [2.75, 3.05) is 11.1 Å². The first-order valence-corrected chi connectivity index (χ1v) is 13.2. The van der Waals surface area contributed by atoms with Crippen LogP contribution in [0.5, 0.6) is 0 Å². The molecular weight excluding hydrogens is 489 g/mol. The molecule has 1 atom stereocenters. The number of hydrogen-bond donors (Lipinski definition) is 3. The van der Waals surface area contributed by atoms with Crippen molar-refractivity contribution in [2.24, 2.45) is 5.14 Å². The second-order valence-corrected chi connectivity index (χ2v) is 10.5. The van der Waals surface area contributed by atoms with E-state index in [2.05, 4.69) is 5.32 Å². The molecule has 0 saturated heterocycles. The van der Waals surface area contributed by atoms with Crippen molar-refractivity contribution in [1.82, 2.24) is 0 Å². The zero-order valence-electron chi connectivity index (χ0n) is 18.2. The Balaban J connectivity index is 1.89. The summed E-state index contributed by atoms with van der Waals surface area (Å²) in [6.45, 7) is 0. The van der Waals surface area contributed by atoms with E-state index in [1.807, 2.05) is 6.08 Å². The molecule has 0 fully saturated rings. The molecule has 0 radical (unpaired) electrons. The van der Waals surface area contributed by atoms with E-state index in [0.717, 1.165) is 31.2 Å². The molecule has 0 bridgehead atoms. The van der Waals surface area contributed by atoms with Gasteiger partial charge in [0, 0.05) is 11.8 Å². The number of halogens is 3. The predicted molar refractivity (Wildman–Crippen MR) is 125 cm³/mol. The van der Waals surface area contributed by atoms with Gasteiger partial charge in [-0.25, -0.2) is 31.5 Å². The minimum absolute atomic E-state index is 0.105. The van der Waals surface area contributed by atoms with E-state index in [-0.39, 0.29) is 11.3 Å². The summed E-state index contributed by atoms with van der Waals surface area (Å²) in [5.41, 5.74) is 0.149. The molecule has 0 amide bonds. The molecule has 1 aliphatic carbocycles. The van der Waals surface area contributed by atoms with Gasteiger partial charge in [-0.15, -0.1) is 11.8 Å². The third kappa shape index (κ3) is 6.34. The number of carboxylic acids is 1. The molecule has 0 saturated carbocycles. The summed E-state index contributed by atoms with van der Waals surface area (Å²) in [6, 6.07) is 5.51. The lowest BCUT2D eigenvalue weighted by atomic mass is 10.0. The number of primary sulfonamides is 1. The van der Waals surface area contributed by atoms with Gasteiger partial charge in [0.15, 0.2) is 17.5 Å². The molecule has 4 N–H and O–H groups in total. The maximum Gasteiger partial charge on any atom is 0.335 e. The molecule has 2 aromatic carbocycles. The third-order valence-corrected chi connectivity index (χ3v) is 7.45. The van der Waals surface area contributed by atoms with Crippen LogP contribution in [-0.2, 0) is 16.4 Å². The van der Waals surface area contributed by atoms with Crippen molar-refractivity contribution in [2.45, 2.75) is 54.4 Å². The highest BCUT2D eigenvalue weighted by Crippen LogP contribution is 2.38. The van der Waals surface area contributed by atoms with Crippen LogP contribution < -0.4 is 10.5 Å². The molecule has 11 heteroatoms. The van der Waals surface area contributed by atoms with Crippen LogP contribution in [0.25, 0.3) is 0 Å². The lowest BCUT2D eigenvalue weighted by Crippen LogP contribution is -2.24. The van der Waals surface area contributed by atoms with Gasteiger partial charge in [0.1, 0.15) is 4.90 Å². The Labute approximate surface area is 200 Å². The number of nitrogens with two attached hydrogens (primary N) is 1. The van der Waals surface area contributed by atoms with Crippen molar-refractivity contribution < 1.29 is 31.5 Å². The van der Waals surface area contributed by atoms with E-state index >= 15 is 4.39 Å². The summed E-state index contributed by atoms with van der Waals surface area (Å²) < 4.78 is 69.0. The molecule has 184 valence electrons. The van der Waals surface area contributed by atoms with E-state index in [4.69, 9.17) is 10.2 Å². The lowest BCUT2D eigenvalue weighted by molar-refractivity contribution is 0.0697. The standard InChI is InChI=1S/C23H25F3N2O4S2/c24-17-18(25)22(34(27,31)32)20(28-16-6-4-2-1-3-5-7-16)19(26)21(17)33-13-12-14-8-10-15(11-9-14)23(29)30/h4,6,8-11,16,28H,1-3,5,7,12-13H2,(H,29,30)(H2,27,31,32)/b6-4+/t16-/m1/s1. The second-order valence-electron chi connectivity index (χ2n) is 7.94. The van der Waals surface area contributed by atoms with Crippen LogP contribution in [0.1, 0.15) is 48.0 Å². The molecule has 3 rings (SSSR count). The second kappa shape index (κ2) is 11.3. The van der Waals surface area contributed by atoms with Gasteiger partial charge in [0.2, 0.25) is 10.0 Å². The number of thioether (sulfide) groups is 1. The molecule has 0 unspecified atom stereocenters. The molecule has 0 aromatic heterocycles. The average Bonchev–Trinajstić information content (AvgIpc) is 2.75. The predicted octanol–water partition coefficient (Wildman–Crippen LogP) is 5.09. The molecule has 0 heterocycles. The fourth-order valence-corrected chi connectivity index (χ4v) is 5.45. The van der Waals surface area contributed by atoms with E-state index in [1.54, 1.807) is 18.2 Å². The van der Waals surface area contributed by atoms with Crippen LogP contribution in [0.2, 0.25) is 0 Å². The number of benzene rings is 2. The normalized spacial score (nSPS) is 17.6. The smallest absolute Gasteiger partial charge is 0.335 e. The van der Waals surface area contributed by atoms with Crippen LogP contribution in [0.15, 0.2) is 46.2 Å². The molecular formula is C23H25F3N2O4S2. The first-order chi connectivity index (χ1) is 16.1. The van der Waals surface area contributed by atoms with Gasteiger partial charge in [0.25, 0.3) is 0 Å². The summed E-state index contributed by atoms with van der Waals surface area (Å²) in [6.07, 6.45) is 8.10. The van der Waals surface area contributed by atoms with E-state index in [1.165, 1.54) is 12.1 Å². The molecule has 1 aliphatic rings. The molecule has 34 heavy (non-hydrogen) atoms. The first-order valence-electron chi connectivity index (χ1n) is 10.7. The molecule has 6 nitrogen and oxygen atoms in total. The van der Waals surface area contributed by atoms with Crippen molar-refractivity contribution in [3.8, 4) is 0 Å². The van der Waals surface area contributed by atoms with E-state index < -0.39 is 55.0 Å². The quantitative estimate of drug-likeness (QED) is 0.257. The van der Waals surface area contributed by atoms with Gasteiger partial charge in [0.05, 0.1) is 16.1 Å². The fourth-order valence-electron chi connectivity index (χ4n) is 3.69. The highest BCUT2D eigenvalue weighted by Gasteiger charge is 2.32. The van der Waals surface area contributed by atoms with Crippen molar-refractivity contribution in [3.05, 3.63) is 65.0 Å². The molecule has 2 aromatic rings. The van der Waals surface area contributed by atoms with Crippen molar-refractivity contribution in [1.29, 1.82) is 0 Å². The Morgan fingerprint density at radius 1 is 1.09 bits per heavy atom. The first kappa shape index (κ1) is 26.1. The number of hydrogen-bond acceptors (Lipinski definition) is 5. The highest BCUT2D eigenvalue weighted by molar-refractivity contribution is 7.99. The zero-order chi connectivity index (χ0) is 24.9. The van der Waals surface area contributed by atoms with Gasteiger partial charge in [-0.3, -0.25) is 0 Å². The number of carboxylic acid groups (broad SMARTS) is 1. The van der Waals surface area contributed by atoms with Gasteiger partial charge in [-0.05, 0) is 43.4 Å². The van der Waals surface area contributed by atoms with Crippen molar-refractivity contribution in [3.63, 3.8) is 0 Å². The number of sulfonamides is 1. The van der Waals surface area contributed by atoms with E-state index in [0.29, 0.717) is 24.6 Å². The summed E-state index contributed by atoms with van der Waals surface area (Å²) in [7, 11) is -4.77. The number of aryl methyl sites for hydroxylation is 1. The topological polar surface area (TPSA) is 109 Å². The summed E-state index contributed by atoms with van der Waals surface area (Å²) >= 11 is 0.696. The third-order valence-electron chi connectivity index (χ3n) is 5.44. The maximum absolute atomic E-state index is 15.4. The minimum Gasteiger partial charge on any atom is -0.478 e. The fraction of sp³-hybridized carbons (Fsp3) is 0.348. The summed E-state index contributed by atoms with van der Waals surface area (Å²) in [5, 5.41) is 16.8. The maximum atomic E-state index is 15.4. The average molecular weight is 515 g/mol. The van der Waals surface area contributed by atoms with Gasteiger partial charge in [-0.2, -0.15) is 0 Å². The lowest BCUT2D eigenvalue weighted by Gasteiger charge is -2.22. The number of rotatable bonds is 8. The van der Waals surface area contributed by atoms with Crippen LogP contribution in [0.3, 0.4) is 0 Å². The Hall–Kier alpha value is -2.50. The van der Waals surface area contributed by atoms with Crippen LogP contribution >= 0.6 is 11.8 Å². The minimum atomic E-state index is -4.77. The number of nitrogens with one attached hydrogen (secondary N) is 1. The SMILES string of the molecule is NS(=O)(=O)c1c(F)c(F)c(SCCc2ccc(C(=O)O)cc2)c(F)c1N[C@@H]1/C=C/CCCCC1. The summed E-state index contributed by atoms with van der Waals surface area (Å²) in [5.74, 6) is -5.50. The van der Waals surface area contributed by atoms with E-state index in [9.17, 15) is 22.0 Å². The Morgan fingerprint density at radius 3 is 2.44 bits per heavy atom. The van der Waals surface area contributed by atoms with Crippen molar-refractivity contribution >= 4 is 33.4 Å². The van der Waals surface area contributed by atoms with Gasteiger partial charge < -0.3 is 10.4 Å².